The first-order valence-corrected chi connectivity index (χ1v) is 17.9. The largest absolute Gasteiger partial charge is 0.367 e. The van der Waals surface area contributed by atoms with Crippen LogP contribution in [0.5, 0.6) is 0 Å². The Kier molecular flexibility index (Phi) is 9.83. The summed E-state index contributed by atoms with van der Waals surface area (Å²) in [6, 6.07) is 7.29. The first kappa shape index (κ1) is 31.6. The van der Waals surface area contributed by atoms with Crippen LogP contribution in [0, 0.1) is 0 Å². The number of amides is 1. The Bertz CT molecular complexity index is 1570. The molecule has 1 amide bonds. The Labute approximate surface area is 264 Å². The zero-order valence-corrected chi connectivity index (χ0v) is 26.6. The fourth-order valence-electron chi connectivity index (χ4n) is 6.86. The summed E-state index contributed by atoms with van der Waals surface area (Å²) in [7, 11) is -3.97. The quantitative estimate of drug-likeness (QED) is 0.170. The minimum absolute atomic E-state index is 0.0119. The third-order valence-electron chi connectivity index (χ3n) is 9.48. The Morgan fingerprint density at radius 2 is 1.53 bits per heavy atom. The average molecular weight is 639 g/mol. The predicted molar refractivity (Wildman–Crippen MR) is 174 cm³/mol. The number of fused-ring (bicyclic) bond motifs is 1. The van der Waals surface area contributed by atoms with Crippen LogP contribution in [0.2, 0.25) is 0 Å². The maximum absolute atomic E-state index is 13.4. The number of carbonyl (C=O) groups is 1. The molecule has 1 aromatic carbocycles. The number of hydrogen-bond acceptors (Lipinski definition) is 10. The van der Waals surface area contributed by atoms with Crippen LogP contribution >= 0.6 is 0 Å². The van der Waals surface area contributed by atoms with E-state index in [4.69, 9.17) is 21.4 Å². The van der Waals surface area contributed by atoms with Gasteiger partial charge in [-0.25, -0.2) is 18.1 Å². The molecule has 2 aromatic heterocycles. The minimum Gasteiger partial charge on any atom is -0.367 e. The van der Waals surface area contributed by atoms with Crippen molar-refractivity contribution < 1.29 is 13.2 Å². The topological polar surface area (TPSA) is 195 Å². The lowest BCUT2D eigenvalue weighted by Crippen LogP contribution is -2.41. The highest BCUT2D eigenvalue weighted by molar-refractivity contribution is 7.89. The molecule has 6 rings (SSSR count). The maximum Gasteiger partial charge on any atom is 0.252 e. The lowest BCUT2D eigenvalue weighted by Gasteiger charge is -2.27. The highest BCUT2D eigenvalue weighted by atomic mass is 32.2. The van der Waals surface area contributed by atoms with Gasteiger partial charge in [0.05, 0.1) is 16.8 Å². The van der Waals surface area contributed by atoms with E-state index in [-0.39, 0.29) is 47.7 Å². The van der Waals surface area contributed by atoms with E-state index >= 15 is 0 Å². The molecule has 13 nitrogen and oxygen atoms in total. The summed E-state index contributed by atoms with van der Waals surface area (Å²) in [6.07, 6.45) is 13.5. The van der Waals surface area contributed by atoms with E-state index in [1.165, 1.54) is 18.9 Å². The molecule has 2 heterocycles. The second kappa shape index (κ2) is 14.0. The summed E-state index contributed by atoms with van der Waals surface area (Å²) in [5.74, 6) is 0.694. The maximum atomic E-state index is 13.4. The third kappa shape index (κ3) is 7.56. The second-order valence-electron chi connectivity index (χ2n) is 12.8. The lowest BCUT2D eigenvalue weighted by atomic mass is 9.91. The molecule has 3 aromatic rings. The van der Waals surface area contributed by atoms with E-state index in [1.807, 2.05) is 6.33 Å². The van der Waals surface area contributed by atoms with E-state index in [9.17, 15) is 13.2 Å². The summed E-state index contributed by atoms with van der Waals surface area (Å²) in [5.41, 5.74) is 13.7. The average Bonchev–Trinajstić information content (AvgIpc) is 3.72. The Balaban J connectivity index is 1.13. The van der Waals surface area contributed by atoms with Crippen molar-refractivity contribution in [3.8, 4) is 0 Å². The smallest absolute Gasteiger partial charge is 0.252 e. The van der Waals surface area contributed by atoms with Gasteiger partial charge in [0.1, 0.15) is 0 Å². The zero-order valence-electron chi connectivity index (χ0n) is 25.7. The molecule has 244 valence electrons. The van der Waals surface area contributed by atoms with Crippen LogP contribution in [0.25, 0.3) is 11.2 Å². The monoisotopic (exact) mass is 638 g/mol. The Morgan fingerprint density at radius 3 is 2.24 bits per heavy atom. The highest BCUT2D eigenvalue weighted by Crippen LogP contribution is 2.33. The van der Waals surface area contributed by atoms with Crippen LogP contribution in [-0.4, -0.2) is 71.1 Å². The second-order valence-corrected chi connectivity index (χ2v) is 14.6. The lowest BCUT2D eigenvalue weighted by molar-refractivity contribution is 0.0922. The van der Waals surface area contributed by atoms with E-state index in [0.717, 1.165) is 69.9 Å². The number of rotatable bonds is 11. The van der Waals surface area contributed by atoms with Crippen LogP contribution in [0.1, 0.15) is 93.4 Å². The van der Waals surface area contributed by atoms with Crippen LogP contribution in [0.4, 0.5) is 11.8 Å². The van der Waals surface area contributed by atoms with Gasteiger partial charge in [-0.15, -0.1) is 0 Å². The van der Waals surface area contributed by atoms with Gasteiger partial charge < -0.3 is 32.0 Å². The Hall–Kier alpha value is -3.33. The third-order valence-corrected chi connectivity index (χ3v) is 11.0. The van der Waals surface area contributed by atoms with E-state index in [1.54, 1.807) is 18.2 Å². The van der Waals surface area contributed by atoms with Gasteiger partial charge in [0.25, 0.3) is 5.91 Å². The SMILES string of the molecule is NC1CCC(NC(=O)c2ccccc2S(=O)(=O)NCCNc2nc(NC3CCC(N)CC3)nc3c2ncn3C2CCCC2)CC1. The van der Waals surface area contributed by atoms with Crippen molar-refractivity contribution in [2.75, 3.05) is 23.7 Å². The minimum atomic E-state index is -3.97. The molecule has 0 aliphatic heterocycles. The summed E-state index contributed by atoms with van der Waals surface area (Å²) in [6.45, 7) is 0.340. The standard InChI is InChI=1S/C31H46N10O3S/c32-20-9-13-22(14-10-20)37-30(42)25-7-3-4-8-26(25)45(43,44)36-18-17-34-28-27-29(41(19-35-27)24-5-1-2-6-24)40-31(39-28)38-23-15-11-21(33)12-16-23/h3-4,7-8,19-24,36H,1-2,5-6,9-18,32-33H2,(H,37,42)(H2,34,38,39,40). The molecule has 14 heteroatoms. The summed E-state index contributed by atoms with van der Waals surface area (Å²) in [4.78, 5) is 27.4. The number of anilines is 2. The molecule has 3 aliphatic carbocycles. The Morgan fingerprint density at radius 1 is 0.867 bits per heavy atom. The van der Waals surface area contributed by atoms with Gasteiger partial charge in [-0.1, -0.05) is 25.0 Å². The number of aromatic nitrogens is 4. The van der Waals surface area contributed by atoms with Crippen molar-refractivity contribution in [3.63, 3.8) is 0 Å². The van der Waals surface area contributed by atoms with Crippen LogP contribution in [-0.2, 0) is 10.0 Å². The van der Waals surface area contributed by atoms with Gasteiger partial charge >= 0.3 is 0 Å². The number of imidazole rings is 1. The van der Waals surface area contributed by atoms with Gasteiger partial charge in [0.2, 0.25) is 16.0 Å². The molecular formula is C31H46N10O3S. The first-order chi connectivity index (χ1) is 21.8. The van der Waals surface area contributed by atoms with Gasteiger partial charge in [0.15, 0.2) is 17.0 Å². The number of nitrogens with two attached hydrogens (primary N) is 2. The van der Waals surface area contributed by atoms with Crippen molar-refractivity contribution >= 4 is 38.9 Å². The van der Waals surface area contributed by atoms with Gasteiger partial charge in [-0.3, -0.25) is 4.79 Å². The number of carbonyl (C=O) groups excluding carboxylic acids is 1. The molecule has 0 spiro atoms. The molecule has 45 heavy (non-hydrogen) atoms. The summed E-state index contributed by atoms with van der Waals surface area (Å²) >= 11 is 0. The molecule has 0 atom stereocenters. The molecule has 0 unspecified atom stereocenters. The molecule has 0 bridgehead atoms. The molecule has 0 saturated heterocycles. The zero-order chi connectivity index (χ0) is 31.4. The van der Waals surface area contributed by atoms with Crippen LogP contribution in [0.3, 0.4) is 0 Å². The molecule has 3 aliphatic rings. The number of benzene rings is 1. The van der Waals surface area contributed by atoms with Crippen LogP contribution < -0.4 is 32.1 Å². The molecular weight excluding hydrogens is 592 g/mol. The number of nitrogens with one attached hydrogen (secondary N) is 4. The van der Waals surface area contributed by atoms with Gasteiger partial charge in [-0.2, -0.15) is 9.97 Å². The normalized spacial score (nSPS) is 24.5. The number of nitrogens with zero attached hydrogens (tertiary/aromatic N) is 4. The van der Waals surface area contributed by atoms with Crippen molar-refractivity contribution in [2.24, 2.45) is 11.5 Å². The first-order valence-electron chi connectivity index (χ1n) is 16.4. The molecule has 8 N–H and O–H groups in total. The number of hydrogen-bond donors (Lipinski definition) is 6. The molecule has 3 saturated carbocycles. The summed E-state index contributed by atoms with van der Waals surface area (Å²) < 4.78 is 31.5. The van der Waals surface area contributed by atoms with E-state index < -0.39 is 15.9 Å². The predicted octanol–water partition coefficient (Wildman–Crippen LogP) is 3.01. The van der Waals surface area contributed by atoms with E-state index in [2.05, 4.69) is 30.2 Å². The van der Waals surface area contributed by atoms with Crippen molar-refractivity contribution in [2.45, 2.75) is 112 Å². The van der Waals surface area contributed by atoms with Gasteiger partial charge in [-0.05, 0) is 76.3 Å². The summed E-state index contributed by atoms with van der Waals surface area (Å²) in [5, 5.41) is 9.80. The van der Waals surface area contributed by atoms with Gasteiger partial charge in [0, 0.05) is 43.3 Å². The number of sulfonamides is 1. The van der Waals surface area contributed by atoms with Crippen molar-refractivity contribution in [1.82, 2.24) is 29.6 Å². The van der Waals surface area contributed by atoms with E-state index in [0.29, 0.717) is 23.3 Å². The van der Waals surface area contributed by atoms with Crippen LogP contribution in [0.15, 0.2) is 35.5 Å². The van der Waals surface area contributed by atoms with Crippen molar-refractivity contribution in [3.05, 3.63) is 36.2 Å². The fraction of sp³-hybridized carbons (Fsp3) is 0.613. The molecule has 3 fully saturated rings. The highest BCUT2D eigenvalue weighted by Gasteiger charge is 2.27. The van der Waals surface area contributed by atoms with Crippen molar-refractivity contribution in [1.29, 1.82) is 0 Å². The molecule has 0 radical (unpaired) electrons. The fourth-order valence-corrected chi connectivity index (χ4v) is 8.09.